The van der Waals surface area contributed by atoms with Crippen molar-refractivity contribution in [2.45, 2.75) is 57.7 Å². The van der Waals surface area contributed by atoms with Crippen LogP contribution in [0.25, 0.3) is 0 Å². The van der Waals surface area contributed by atoms with Gasteiger partial charge in [0.1, 0.15) is 17.5 Å². The van der Waals surface area contributed by atoms with Gasteiger partial charge in [-0.05, 0) is 11.8 Å². The number of ether oxygens (including phenoxy) is 1. The summed E-state index contributed by atoms with van der Waals surface area (Å²) in [5, 5.41) is -0.459. The molecule has 98 valence electrons. The monoisotopic (exact) mass is 260 g/mol. The van der Waals surface area contributed by atoms with Crippen LogP contribution in [0.5, 0.6) is 0 Å². The molecule has 0 radical (unpaired) electrons. The highest BCUT2D eigenvalue weighted by Gasteiger charge is 2.74. The van der Waals surface area contributed by atoms with E-state index in [1.54, 1.807) is 0 Å². The standard InChI is InChI=1S/C12H20O4S/c1-6(2)12(7(3)4)9-5-8-10(15-9)11(12)17(13,14)16-8/h6-11H,5H2,1-4H3. The molecule has 3 heterocycles. The van der Waals surface area contributed by atoms with Gasteiger partial charge in [-0.25, -0.2) is 0 Å². The van der Waals surface area contributed by atoms with Gasteiger partial charge in [-0.2, -0.15) is 8.42 Å². The minimum atomic E-state index is -3.45. The Bertz CT molecular complexity index is 429. The van der Waals surface area contributed by atoms with Crippen molar-refractivity contribution in [2.75, 3.05) is 0 Å². The van der Waals surface area contributed by atoms with Gasteiger partial charge in [0.05, 0.1) is 6.10 Å². The summed E-state index contributed by atoms with van der Waals surface area (Å²) >= 11 is 0. The van der Waals surface area contributed by atoms with Crippen molar-refractivity contribution in [3.63, 3.8) is 0 Å². The van der Waals surface area contributed by atoms with E-state index in [4.69, 9.17) is 8.92 Å². The predicted molar refractivity (Wildman–Crippen MR) is 63.0 cm³/mol. The molecule has 17 heavy (non-hydrogen) atoms. The van der Waals surface area contributed by atoms with Gasteiger partial charge in [-0.15, -0.1) is 0 Å². The van der Waals surface area contributed by atoms with Crippen molar-refractivity contribution in [1.82, 2.24) is 0 Å². The minimum absolute atomic E-state index is 0.0415. The summed E-state index contributed by atoms with van der Waals surface area (Å²) in [4.78, 5) is 0. The van der Waals surface area contributed by atoms with Crippen molar-refractivity contribution in [1.29, 1.82) is 0 Å². The number of rotatable bonds is 2. The van der Waals surface area contributed by atoms with Gasteiger partial charge in [-0.1, -0.05) is 27.7 Å². The lowest BCUT2D eigenvalue weighted by atomic mass is 9.60. The molecule has 4 nitrogen and oxygen atoms in total. The highest BCUT2D eigenvalue weighted by atomic mass is 32.2. The van der Waals surface area contributed by atoms with Crippen molar-refractivity contribution in [3.05, 3.63) is 0 Å². The summed E-state index contributed by atoms with van der Waals surface area (Å²) in [7, 11) is -3.45. The molecule has 2 bridgehead atoms. The van der Waals surface area contributed by atoms with Crippen LogP contribution in [-0.2, 0) is 19.0 Å². The van der Waals surface area contributed by atoms with E-state index in [1.165, 1.54) is 0 Å². The molecule has 0 spiro atoms. The second-order valence-electron chi connectivity index (χ2n) is 6.18. The first-order chi connectivity index (χ1) is 7.81. The molecule has 0 aromatic carbocycles. The van der Waals surface area contributed by atoms with E-state index in [0.29, 0.717) is 0 Å². The molecule has 4 unspecified atom stereocenters. The highest BCUT2D eigenvalue weighted by molar-refractivity contribution is 7.87. The molecule has 0 amide bonds. The summed E-state index contributed by atoms with van der Waals surface area (Å²) in [6, 6.07) is 0. The molecule has 0 aromatic rings. The Kier molecular flexibility index (Phi) is 2.28. The third kappa shape index (κ3) is 1.18. The SMILES string of the molecule is CC(C)C1(C(C)C)C2CC3OS(=O)(=O)C1C3O2. The van der Waals surface area contributed by atoms with Crippen molar-refractivity contribution in [2.24, 2.45) is 17.3 Å². The van der Waals surface area contributed by atoms with E-state index in [1.807, 2.05) is 0 Å². The maximum Gasteiger partial charge on any atom is 0.273 e. The van der Waals surface area contributed by atoms with Crippen LogP contribution in [0.2, 0.25) is 0 Å². The smallest absolute Gasteiger partial charge is 0.273 e. The molecule has 0 aliphatic carbocycles. The topological polar surface area (TPSA) is 52.6 Å². The first-order valence-corrected chi connectivity index (χ1v) is 7.86. The Morgan fingerprint density at radius 2 is 1.76 bits per heavy atom. The average molecular weight is 260 g/mol. The lowest BCUT2D eigenvalue weighted by Crippen LogP contribution is -2.53. The van der Waals surface area contributed by atoms with Crippen LogP contribution in [0.15, 0.2) is 0 Å². The fourth-order valence-electron chi connectivity index (χ4n) is 4.54. The van der Waals surface area contributed by atoms with E-state index in [0.717, 1.165) is 6.42 Å². The predicted octanol–water partition coefficient (Wildman–Crippen LogP) is 1.55. The molecule has 4 atom stereocenters. The lowest BCUT2D eigenvalue weighted by molar-refractivity contribution is 0.00616. The minimum Gasteiger partial charge on any atom is -0.370 e. The summed E-state index contributed by atoms with van der Waals surface area (Å²) in [5.74, 6) is 0.555. The molecule has 3 aliphatic rings. The molecule has 3 fully saturated rings. The third-order valence-electron chi connectivity index (χ3n) is 5.05. The Morgan fingerprint density at radius 1 is 1.18 bits per heavy atom. The van der Waals surface area contributed by atoms with Crippen LogP contribution >= 0.6 is 0 Å². The van der Waals surface area contributed by atoms with Gasteiger partial charge in [0.25, 0.3) is 10.1 Å². The van der Waals surface area contributed by atoms with Gasteiger partial charge in [0.15, 0.2) is 0 Å². The van der Waals surface area contributed by atoms with Gasteiger partial charge in [-0.3, -0.25) is 4.18 Å². The first kappa shape index (κ1) is 11.9. The first-order valence-electron chi connectivity index (χ1n) is 6.39. The molecular weight excluding hydrogens is 240 g/mol. The van der Waals surface area contributed by atoms with Gasteiger partial charge in [0, 0.05) is 11.8 Å². The van der Waals surface area contributed by atoms with Gasteiger partial charge >= 0.3 is 0 Å². The van der Waals surface area contributed by atoms with Crippen LogP contribution < -0.4 is 0 Å². The van der Waals surface area contributed by atoms with Crippen LogP contribution in [0, 0.1) is 17.3 Å². The molecule has 0 N–H and O–H groups in total. The Hall–Kier alpha value is -0.130. The van der Waals surface area contributed by atoms with E-state index < -0.39 is 15.4 Å². The maximum atomic E-state index is 12.2. The Labute approximate surface area is 103 Å². The Morgan fingerprint density at radius 3 is 2.29 bits per heavy atom. The van der Waals surface area contributed by atoms with Crippen molar-refractivity contribution < 1.29 is 17.3 Å². The number of hydrogen-bond donors (Lipinski definition) is 0. The third-order valence-corrected chi connectivity index (χ3v) is 6.87. The highest BCUT2D eigenvalue weighted by Crippen LogP contribution is 2.62. The summed E-state index contributed by atoms with van der Waals surface area (Å²) in [6.07, 6.45) is 0.326. The molecule has 0 aromatic heterocycles. The van der Waals surface area contributed by atoms with Crippen molar-refractivity contribution in [3.8, 4) is 0 Å². The van der Waals surface area contributed by atoms with Gasteiger partial charge < -0.3 is 4.74 Å². The fourth-order valence-corrected chi connectivity index (χ4v) is 6.96. The molecule has 5 heteroatoms. The van der Waals surface area contributed by atoms with Crippen LogP contribution in [-0.4, -0.2) is 32.0 Å². The van der Waals surface area contributed by atoms with Gasteiger partial charge in [0.2, 0.25) is 0 Å². The Balaban J connectivity index is 2.18. The van der Waals surface area contributed by atoms with E-state index >= 15 is 0 Å². The summed E-state index contributed by atoms with van der Waals surface area (Å²) in [5.41, 5.74) is -0.281. The molecule has 0 saturated carbocycles. The maximum absolute atomic E-state index is 12.2. The zero-order valence-electron chi connectivity index (χ0n) is 10.7. The summed E-state index contributed by atoms with van der Waals surface area (Å²) in [6.45, 7) is 8.42. The second-order valence-corrected chi connectivity index (χ2v) is 7.87. The number of hydrogen-bond acceptors (Lipinski definition) is 4. The van der Waals surface area contributed by atoms with Crippen LogP contribution in [0.1, 0.15) is 34.1 Å². The molecule has 3 aliphatic heterocycles. The van der Waals surface area contributed by atoms with E-state index in [9.17, 15) is 8.42 Å². The number of fused-ring (bicyclic) bond motifs is 1. The fraction of sp³-hybridized carbons (Fsp3) is 1.00. The molecule has 3 saturated heterocycles. The zero-order chi connectivity index (χ0) is 12.6. The normalized spacial score (nSPS) is 45.1. The molecular formula is C12H20O4S. The summed E-state index contributed by atoms with van der Waals surface area (Å²) < 4.78 is 35.6. The van der Waals surface area contributed by atoms with E-state index in [2.05, 4.69) is 27.7 Å². The van der Waals surface area contributed by atoms with Crippen LogP contribution in [0.4, 0.5) is 0 Å². The van der Waals surface area contributed by atoms with E-state index in [-0.39, 0.29) is 35.6 Å². The van der Waals surface area contributed by atoms with Crippen molar-refractivity contribution >= 4 is 10.1 Å². The lowest BCUT2D eigenvalue weighted by Gasteiger charge is -2.44. The largest absolute Gasteiger partial charge is 0.370 e. The van der Waals surface area contributed by atoms with Crippen LogP contribution in [0.3, 0.4) is 0 Å². The molecule has 3 rings (SSSR count). The second kappa shape index (κ2) is 3.25. The average Bonchev–Trinajstić information content (AvgIpc) is 2.73. The zero-order valence-corrected chi connectivity index (χ0v) is 11.5. The quantitative estimate of drug-likeness (QED) is 0.707.